The smallest absolute Gasteiger partial charge is 0.196 e. The van der Waals surface area contributed by atoms with Gasteiger partial charge in [-0.3, -0.25) is 5.10 Å². The molecule has 1 aliphatic rings. The van der Waals surface area contributed by atoms with Gasteiger partial charge in [0.1, 0.15) is 11.6 Å². The lowest BCUT2D eigenvalue weighted by atomic mass is 10.3. The third-order valence-electron chi connectivity index (χ3n) is 4.43. The summed E-state index contributed by atoms with van der Waals surface area (Å²) in [7, 11) is 2.15. The van der Waals surface area contributed by atoms with Crippen LogP contribution >= 0.6 is 11.8 Å². The summed E-state index contributed by atoms with van der Waals surface area (Å²) < 4.78 is 0. The first-order valence-corrected chi connectivity index (χ1v) is 9.82. The van der Waals surface area contributed by atoms with Gasteiger partial charge in [0, 0.05) is 48.9 Å². The molecule has 0 saturated carbocycles. The molecule has 4 rings (SSSR count). The van der Waals surface area contributed by atoms with E-state index in [1.807, 2.05) is 37.3 Å². The molecular weight excluding hydrogens is 358 g/mol. The average molecular weight is 382 g/mol. The molecule has 3 heterocycles. The van der Waals surface area contributed by atoms with Gasteiger partial charge in [0.2, 0.25) is 0 Å². The van der Waals surface area contributed by atoms with Crippen molar-refractivity contribution in [1.82, 2.24) is 25.1 Å². The van der Waals surface area contributed by atoms with Gasteiger partial charge < -0.3 is 15.1 Å². The number of anilines is 3. The van der Waals surface area contributed by atoms with Crippen molar-refractivity contribution >= 4 is 29.2 Å². The van der Waals surface area contributed by atoms with E-state index in [-0.39, 0.29) is 0 Å². The van der Waals surface area contributed by atoms with Crippen molar-refractivity contribution in [3.05, 3.63) is 48.2 Å². The van der Waals surface area contributed by atoms with E-state index < -0.39 is 0 Å². The first-order valence-electron chi connectivity index (χ1n) is 9.00. The Morgan fingerprint density at radius 2 is 1.78 bits per heavy atom. The van der Waals surface area contributed by atoms with Crippen LogP contribution in [0.15, 0.2) is 52.5 Å². The topological polar surface area (TPSA) is 73.0 Å². The van der Waals surface area contributed by atoms with Gasteiger partial charge in [-0.2, -0.15) is 5.10 Å². The van der Waals surface area contributed by atoms with E-state index in [1.165, 1.54) is 0 Å². The third kappa shape index (κ3) is 4.58. The summed E-state index contributed by atoms with van der Waals surface area (Å²) in [6.45, 7) is 5.97. The lowest BCUT2D eigenvalue weighted by Crippen LogP contribution is -2.44. The van der Waals surface area contributed by atoms with Crippen LogP contribution in [0.4, 0.5) is 17.5 Å². The zero-order chi connectivity index (χ0) is 18.6. The fraction of sp³-hybridized carbons (Fsp3) is 0.316. The molecule has 0 unspecified atom stereocenters. The second-order valence-electron chi connectivity index (χ2n) is 6.66. The third-order valence-corrected chi connectivity index (χ3v) is 5.31. The fourth-order valence-electron chi connectivity index (χ4n) is 2.93. The second-order valence-corrected chi connectivity index (χ2v) is 7.70. The highest BCUT2D eigenvalue weighted by Crippen LogP contribution is 2.29. The highest BCUT2D eigenvalue weighted by Gasteiger charge is 2.18. The van der Waals surface area contributed by atoms with Crippen molar-refractivity contribution in [1.29, 1.82) is 0 Å². The summed E-state index contributed by atoms with van der Waals surface area (Å²) >= 11 is 1.57. The minimum Gasteiger partial charge on any atom is -0.354 e. The number of piperazine rings is 1. The number of aryl methyl sites for hydroxylation is 1. The molecule has 7 nitrogen and oxygen atoms in total. The quantitative estimate of drug-likeness (QED) is 0.658. The van der Waals surface area contributed by atoms with Gasteiger partial charge in [0.05, 0.1) is 0 Å². The number of aromatic nitrogens is 4. The highest BCUT2D eigenvalue weighted by molar-refractivity contribution is 7.99. The minimum absolute atomic E-state index is 0.729. The van der Waals surface area contributed by atoms with Gasteiger partial charge in [-0.1, -0.05) is 18.2 Å². The number of hydrogen-bond donors (Lipinski definition) is 2. The van der Waals surface area contributed by atoms with Crippen LogP contribution in [-0.4, -0.2) is 58.3 Å². The van der Waals surface area contributed by atoms with Gasteiger partial charge in [0.15, 0.2) is 11.0 Å². The summed E-state index contributed by atoms with van der Waals surface area (Å²) in [6, 6.07) is 14.2. The number of hydrogen-bond acceptors (Lipinski definition) is 7. The Kier molecular flexibility index (Phi) is 5.26. The van der Waals surface area contributed by atoms with Crippen LogP contribution in [0.1, 0.15) is 5.69 Å². The van der Waals surface area contributed by atoms with Gasteiger partial charge in [-0.25, -0.2) is 9.97 Å². The van der Waals surface area contributed by atoms with Crippen LogP contribution in [0.25, 0.3) is 0 Å². The van der Waals surface area contributed by atoms with Crippen LogP contribution in [-0.2, 0) is 0 Å². The number of likely N-dealkylation sites (N-methyl/N-ethyl adjacent to an activating group) is 1. The molecule has 3 aromatic rings. The van der Waals surface area contributed by atoms with E-state index in [4.69, 9.17) is 9.97 Å². The summed E-state index contributed by atoms with van der Waals surface area (Å²) in [6.07, 6.45) is 0. The molecule has 2 N–H and O–H groups in total. The summed E-state index contributed by atoms with van der Waals surface area (Å²) in [5.41, 5.74) is 1.00. The Morgan fingerprint density at radius 3 is 2.48 bits per heavy atom. The molecule has 0 aliphatic carbocycles. The molecule has 2 aromatic heterocycles. The molecule has 0 amide bonds. The number of benzene rings is 1. The van der Waals surface area contributed by atoms with Gasteiger partial charge in [-0.15, -0.1) is 0 Å². The van der Waals surface area contributed by atoms with Crippen LogP contribution in [0.2, 0.25) is 0 Å². The Bertz CT molecular complexity index is 888. The van der Waals surface area contributed by atoms with Crippen molar-refractivity contribution in [3.63, 3.8) is 0 Å². The van der Waals surface area contributed by atoms with E-state index in [9.17, 15) is 0 Å². The van der Waals surface area contributed by atoms with Gasteiger partial charge in [0.25, 0.3) is 0 Å². The first kappa shape index (κ1) is 17.8. The first-order chi connectivity index (χ1) is 13.2. The molecule has 1 aliphatic heterocycles. The SMILES string of the molecule is Cc1cc(Nc2cc(N3CCN(C)CC3)nc(Sc3ccccc3)n2)n[nH]1. The number of H-pyrrole nitrogens is 1. The predicted molar refractivity (Wildman–Crippen MR) is 109 cm³/mol. The van der Waals surface area contributed by atoms with Crippen LogP contribution in [0.3, 0.4) is 0 Å². The molecule has 1 saturated heterocycles. The molecule has 27 heavy (non-hydrogen) atoms. The minimum atomic E-state index is 0.729. The number of aromatic amines is 1. The number of rotatable bonds is 5. The zero-order valence-corrected chi connectivity index (χ0v) is 16.3. The molecule has 140 valence electrons. The molecule has 0 atom stereocenters. The monoisotopic (exact) mass is 381 g/mol. The highest BCUT2D eigenvalue weighted by atomic mass is 32.2. The van der Waals surface area contributed by atoms with Crippen molar-refractivity contribution < 1.29 is 0 Å². The predicted octanol–water partition coefficient (Wildman–Crippen LogP) is 3.15. The largest absolute Gasteiger partial charge is 0.354 e. The van der Waals surface area contributed by atoms with E-state index in [0.717, 1.165) is 59.4 Å². The molecule has 0 bridgehead atoms. The Morgan fingerprint density at radius 1 is 1.00 bits per heavy atom. The summed E-state index contributed by atoms with van der Waals surface area (Å²) in [5.74, 6) is 2.46. The van der Waals surface area contributed by atoms with Gasteiger partial charge >= 0.3 is 0 Å². The zero-order valence-electron chi connectivity index (χ0n) is 15.5. The Labute approximate surface area is 163 Å². The van der Waals surface area contributed by atoms with E-state index >= 15 is 0 Å². The molecular formula is C19H23N7S. The Balaban J connectivity index is 1.62. The maximum atomic E-state index is 4.82. The molecule has 1 aromatic carbocycles. The molecule has 0 spiro atoms. The lowest BCUT2D eigenvalue weighted by Gasteiger charge is -2.33. The van der Waals surface area contributed by atoms with E-state index in [1.54, 1.807) is 11.8 Å². The maximum absolute atomic E-state index is 4.82. The van der Waals surface area contributed by atoms with Crippen LogP contribution < -0.4 is 10.2 Å². The molecule has 0 radical (unpaired) electrons. The van der Waals surface area contributed by atoms with E-state index in [0.29, 0.717) is 0 Å². The molecule has 1 fully saturated rings. The van der Waals surface area contributed by atoms with Crippen LogP contribution in [0.5, 0.6) is 0 Å². The Hall–Kier alpha value is -2.58. The van der Waals surface area contributed by atoms with Crippen molar-refractivity contribution in [3.8, 4) is 0 Å². The second kappa shape index (κ2) is 7.98. The standard InChI is InChI=1S/C19H23N7S/c1-14-12-17(24-23-14)20-16-13-18(26-10-8-25(2)9-11-26)22-19(21-16)27-15-6-4-3-5-7-15/h3-7,12-13H,8-11H2,1-2H3,(H2,20,21,22,23,24). The lowest BCUT2D eigenvalue weighted by molar-refractivity contribution is 0.312. The summed E-state index contributed by atoms with van der Waals surface area (Å²) in [4.78, 5) is 15.3. The van der Waals surface area contributed by atoms with Crippen molar-refractivity contribution in [2.75, 3.05) is 43.4 Å². The normalized spacial score (nSPS) is 15.1. The number of nitrogens with zero attached hydrogens (tertiary/aromatic N) is 5. The van der Waals surface area contributed by atoms with E-state index in [2.05, 4.69) is 44.5 Å². The fourth-order valence-corrected chi connectivity index (χ4v) is 3.71. The summed E-state index contributed by atoms with van der Waals surface area (Å²) in [5, 5.41) is 11.2. The van der Waals surface area contributed by atoms with Crippen LogP contribution in [0, 0.1) is 6.92 Å². The number of nitrogens with one attached hydrogen (secondary N) is 2. The van der Waals surface area contributed by atoms with Gasteiger partial charge in [-0.05, 0) is 37.9 Å². The molecule has 8 heteroatoms. The van der Waals surface area contributed by atoms with Crippen molar-refractivity contribution in [2.45, 2.75) is 17.0 Å². The van der Waals surface area contributed by atoms with Crippen molar-refractivity contribution in [2.24, 2.45) is 0 Å². The average Bonchev–Trinajstić information content (AvgIpc) is 3.07. The maximum Gasteiger partial charge on any atom is 0.196 e.